The summed E-state index contributed by atoms with van der Waals surface area (Å²) in [5, 5.41) is 4.04. The Hall–Kier alpha value is -1.51. The summed E-state index contributed by atoms with van der Waals surface area (Å²) < 4.78 is 28.9. The van der Waals surface area contributed by atoms with Crippen molar-refractivity contribution in [2.75, 3.05) is 12.0 Å². The number of hydrogen-bond acceptors (Lipinski definition) is 6. The molecule has 1 aliphatic heterocycles. The molecular weight excluding hydrogens is 469 g/mol. The second kappa shape index (κ2) is 7.99. The van der Waals surface area contributed by atoms with Crippen molar-refractivity contribution in [1.82, 2.24) is 19.5 Å². The van der Waals surface area contributed by atoms with Gasteiger partial charge in [-0.1, -0.05) is 25.7 Å². The number of anilines is 1. The van der Waals surface area contributed by atoms with Gasteiger partial charge in [0.1, 0.15) is 6.10 Å². The molecule has 0 unspecified atom stereocenters. The number of ether oxygens (including phenoxy) is 2. The average molecular weight is 504 g/mol. The number of nitrogens with zero attached hydrogens (tertiary/aromatic N) is 4. The van der Waals surface area contributed by atoms with Crippen LogP contribution in [-0.2, 0) is 9.47 Å². The standard InChI is InChI=1S/C26H35ClFN5O2/c1-25(2)34-20-19(16-11-26(16,12-28)21(20)35-25)33-13-29-18-22(31-24(27)32-23(18)33)30-17(14-7-3-4-8-14)15-9-5-6-10-15/h13-17,19-21H,3-12H2,1-2H3,(H,30,31,32)/t16-,19-,20+,21+,26+/m1/s1. The molecule has 190 valence electrons. The molecule has 0 aromatic carbocycles. The van der Waals surface area contributed by atoms with E-state index in [1.54, 1.807) is 0 Å². The summed E-state index contributed by atoms with van der Waals surface area (Å²) in [4.78, 5) is 14.0. The van der Waals surface area contributed by atoms with E-state index in [1.807, 2.05) is 20.2 Å². The van der Waals surface area contributed by atoms with Gasteiger partial charge in [-0.2, -0.15) is 9.97 Å². The Morgan fingerprint density at radius 1 is 1.11 bits per heavy atom. The average Bonchev–Trinajstić information content (AvgIpc) is 3.44. The maximum absolute atomic E-state index is 14.3. The van der Waals surface area contributed by atoms with E-state index in [0.29, 0.717) is 23.5 Å². The molecule has 0 amide bonds. The van der Waals surface area contributed by atoms with Crippen LogP contribution in [0.2, 0.25) is 5.28 Å². The molecule has 5 fully saturated rings. The fourth-order valence-corrected chi connectivity index (χ4v) is 8.22. The Bertz CT molecular complexity index is 1110. The van der Waals surface area contributed by atoms with Crippen LogP contribution in [0.4, 0.5) is 10.2 Å². The molecular formula is C26H35ClFN5O2. The van der Waals surface area contributed by atoms with Gasteiger partial charge in [-0.15, -0.1) is 0 Å². The summed E-state index contributed by atoms with van der Waals surface area (Å²) >= 11 is 6.50. The van der Waals surface area contributed by atoms with E-state index in [-0.39, 0.29) is 29.5 Å². The number of hydrogen-bond donors (Lipinski definition) is 1. The van der Waals surface area contributed by atoms with Crippen molar-refractivity contribution in [3.05, 3.63) is 11.6 Å². The first-order chi connectivity index (χ1) is 16.9. The normalized spacial score (nSPS) is 36.4. The fraction of sp³-hybridized carbons (Fsp3) is 0.808. The van der Waals surface area contributed by atoms with Crippen LogP contribution in [0.25, 0.3) is 11.2 Å². The van der Waals surface area contributed by atoms with Gasteiger partial charge in [-0.05, 0) is 75.3 Å². The third-order valence-corrected chi connectivity index (χ3v) is 9.87. The SMILES string of the molecule is CC1(C)O[C@H]2[C@H](n3cnc4c(NC(C5CCCC5)C5CCCC5)nc(Cl)nc43)[C@H]3C[C@@]3(CF)[C@H]2O1. The van der Waals surface area contributed by atoms with Crippen molar-refractivity contribution >= 4 is 28.6 Å². The molecule has 9 heteroatoms. The lowest BCUT2D eigenvalue weighted by Gasteiger charge is -2.30. The Balaban J connectivity index is 1.26. The van der Waals surface area contributed by atoms with Crippen LogP contribution in [-0.4, -0.2) is 50.2 Å². The summed E-state index contributed by atoms with van der Waals surface area (Å²) in [7, 11) is 0. The van der Waals surface area contributed by atoms with Gasteiger partial charge in [0.15, 0.2) is 22.8 Å². The van der Waals surface area contributed by atoms with Crippen LogP contribution in [0.1, 0.15) is 77.7 Å². The minimum absolute atomic E-state index is 0.0817. The first-order valence-electron chi connectivity index (χ1n) is 13.5. The largest absolute Gasteiger partial charge is 0.365 e. The molecule has 0 spiro atoms. The molecule has 0 bridgehead atoms. The highest BCUT2D eigenvalue weighted by atomic mass is 35.5. The fourth-order valence-electron chi connectivity index (χ4n) is 8.05. The molecule has 1 saturated heterocycles. The van der Waals surface area contributed by atoms with Crippen molar-refractivity contribution in [3.8, 4) is 0 Å². The smallest absolute Gasteiger partial charge is 0.226 e. The van der Waals surface area contributed by atoms with Gasteiger partial charge in [0.25, 0.3) is 0 Å². The minimum atomic E-state index is -0.727. The molecule has 35 heavy (non-hydrogen) atoms. The van der Waals surface area contributed by atoms with Crippen molar-refractivity contribution in [3.63, 3.8) is 0 Å². The maximum Gasteiger partial charge on any atom is 0.226 e. The molecule has 2 aromatic heterocycles. The van der Waals surface area contributed by atoms with Crippen LogP contribution in [0.5, 0.6) is 0 Å². The zero-order valence-corrected chi connectivity index (χ0v) is 21.3. The van der Waals surface area contributed by atoms with Crippen molar-refractivity contribution in [2.45, 2.75) is 102 Å². The zero-order chi connectivity index (χ0) is 23.9. The van der Waals surface area contributed by atoms with Gasteiger partial charge in [-0.25, -0.2) is 4.98 Å². The van der Waals surface area contributed by atoms with Crippen LogP contribution < -0.4 is 5.32 Å². The van der Waals surface area contributed by atoms with Gasteiger partial charge in [0.05, 0.1) is 25.1 Å². The topological polar surface area (TPSA) is 74.1 Å². The lowest BCUT2D eigenvalue weighted by molar-refractivity contribution is -0.161. The Labute approximate surface area is 210 Å². The molecule has 4 saturated carbocycles. The van der Waals surface area contributed by atoms with E-state index in [9.17, 15) is 4.39 Å². The van der Waals surface area contributed by atoms with E-state index in [4.69, 9.17) is 26.1 Å². The molecule has 7 rings (SSSR count). The Morgan fingerprint density at radius 3 is 2.46 bits per heavy atom. The number of alkyl halides is 1. The summed E-state index contributed by atoms with van der Waals surface area (Å²) in [5.41, 5.74) is 0.972. The summed E-state index contributed by atoms with van der Waals surface area (Å²) in [6, 6.07) is 0.312. The second-order valence-corrected chi connectivity index (χ2v) is 12.5. The van der Waals surface area contributed by atoms with E-state index in [2.05, 4.69) is 19.9 Å². The number of halogens is 2. The molecule has 4 aliphatic carbocycles. The number of fused-ring (bicyclic) bond motifs is 4. The molecule has 0 radical (unpaired) electrons. The first-order valence-corrected chi connectivity index (χ1v) is 13.9. The molecule has 7 nitrogen and oxygen atoms in total. The minimum Gasteiger partial charge on any atom is -0.365 e. The lowest BCUT2D eigenvalue weighted by Crippen LogP contribution is -2.35. The Morgan fingerprint density at radius 2 is 1.80 bits per heavy atom. The monoisotopic (exact) mass is 503 g/mol. The highest BCUT2D eigenvalue weighted by Crippen LogP contribution is 2.71. The van der Waals surface area contributed by atoms with Gasteiger partial charge < -0.3 is 19.4 Å². The van der Waals surface area contributed by atoms with E-state index in [1.165, 1.54) is 51.4 Å². The third kappa shape index (κ3) is 3.46. The molecule has 5 aliphatic rings. The van der Waals surface area contributed by atoms with E-state index >= 15 is 0 Å². The van der Waals surface area contributed by atoms with E-state index in [0.717, 1.165) is 17.8 Å². The number of nitrogens with one attached hydrogen (secondary N) is 1. The van der Waals surface area contributed by atoms with Gasteiger partial charge >= 0.3 is 0 Å². The van der Waals surface area contributed by atoms with Crippen molar-refractivity contribution < 1.29 is 13.9 Å². The quantitative estimate of drug-likeness (QED) is 0.510. The molecule has 2 aromatic rings. The van der Waals surface area contributed by atoms with Crippen LogP contribution in [0, 0.1) is 23.2 Å². The van der Waals surface area contributed by atoms with Gasteiger partial charge in [0, 0.05) is 11.5 Å². The van der Waals surface area contributed by atoms with Crippen LogP contribution in [0.3, 0.4) is 0 Å². The second-order valence-electron chi connectivity index (χ2n) is 12.1. The predicted octanol–water partition coefficient (Wildman–Crippen LogP) is 5.69. The molecule has 5 atom stereocenters. The highest BCUT2D eigenvalue weighted by molar-refractivity contribution is 6.28. The Kier molecular flexibility index (Phi) is 5.18. The van der Waals surface area contributed by atoms with Crippen LogP contribution in [0.15, 0.2) is 6.33 Å². The predicted molar refractivity (Wildman–Crippen MR) is 131 cm³/mol. The number of imidazole rings is 1. The third-order valence-electron chi connectivity index (χ3n) is 9.71. The van der Waals surface area contributed by atoms with Crippen molar-refractivity contribution in [1.29, 1.82) is 0 Å². The number of aromatic nitrogens is 4. The summed E-state index contributed by atoms with van der Waals surface area (Å²) in [6.45, 7) is 3.42. The highest BCUT2D eigenvalue weighted by Gasteiger charge is 2.76. The molecule has 3 heterocycles. The first kappa shape index (κ1) is 22.7. The van der Waals surface area contributed by atoms with Gasteiger partial charge in [-0.3, -0.25) is 4.39 Å². The van der Waals surface area contributed by atoms with E-state index < -0.39 is 17.9 Å². The molecule has 1 N–H and O–H groups in total. The zero-order valence-electron chi connectivity index (χ0n) is 20.6. The van der Waals surface area contributed by atoms with Crippen LogP contribution >= 0.6 is 11.6 Å². The maximum atomic E-state index is 14.3. The summed E-state index contributed by atoms with van der Waals surface area (Å²) in [6.07, 6.45) is 12.5. The van der Waals surface area contributed by atoms with Crippen molar-refractivity contribution in [2.24, 2.45) is 23.2 Å². The van der Waals surface area contributed by atoms with Gasteiger partial charge in [0.2, 0.25) is 5.28 Å². The lowest BCUT2D eigenvalue weighted by atomic mass is 9.86. The summed E-state index contributed by atoms with van der Waals surface area (Å²) in [5.74, 6) is 1.49. The number of rotatable bonds is 6.